The average molecular weight is 233 g/mol. The molecule has 1 aliphatic rings. The summed E-state index contributed by atoms with van der Waals surface area (Å²) in [6.07, 6.45) is 4.18. The van der Waals surface area contributed by atoms with Gasteiger partial charge in [0.05, 0.1) is 7.11 Å². The van der Waals surface area contributed by atoms with E-state index in [1.54, 1.807) is 7.11 Å². The number of methoxy groups -OCH3 is 1. The molecule has 1 unspecified atom stereocenters. The number of rotatable bonds is 4. The van der Waals surface area contributed by atoms with Crippen molar-refractivity contribution in [2.75, 3.05) is 13.7 Å². The van der Waals surface area contributed by atoms with Crippen LogP contribution in [0.25, 0.3) is 0 Å². The van der Waals surface area contributed by atoms with Gasteiger partial charge in [-0.3, -0.25) is 4.79 Å². The molecule has 0 spiro atoms. The van der Waals surface area contributed by atoms with Crippen molar-refractivity contribution in [2.45, 2.75) is 31.7 Å². The molecular weight excluding hydrogens is 214 g/mol. The van der Waals surface area contributed by atoms with Crippen LogP contribution >= 0.6 is 0 Å². The number of piperidine rings is 1. The Morgan fingerprint density at radius 1 is 1.35 bits per heavy atom. The van der Waals surface area contributed by atoms with Gasteiger partial charge in [-0.2, -0.15) is 0 Å². The van der Waals surface area contributed by atoms with E-state index in [2.05, 4.69) is 5.32 Å². The second-order valence-electron chi connectivity index (χ2n) is 4.50. The number of ether oxygens (including phenoxy) is 1. The second-order valence-corrected chi connectivity index (χ2v) is 4.50. The topological polar surface area (TPSA) is 38.3 Å². The molecule has 0 aliphatic carbocycles. The lowest BCUT2D eigenvalue weighted by Crippen LogP contribution is -2.35. The van der Waals surface area contributed by atoms with E-state index in [1.165, 1.54) is 12.8 Å². The van der Waals surface area contributed by atoms with Crippen LogP contribution in [0.3, 0.4) is 0 Å². The molecule has 2 rings (SSSR count). The Kier molecular flexibility index (Phi) is 4.15. The standard InChI is InChI=1S/C14H19NO2/c1-17-13-7-5-11(6-8-13)14(16)10-12-4-2-3-9-15-12/h5-8,12,15H,2-4,9-10H2,1H3. The zero-order valence-corrected chi connectivity index (χ0v) is 10.2. The van der Waals surface area contributed by atoms with E-state index in [9.17, 15) is 4.79 Å². The summed E-state index contributed by atoms with van der Waals surface area (Å²) in [7, 11) is 1.63. The van der Waals surface area contributed by atoms with Crippen LogP contribution in [0.15, 0.2) is 24.3 Å². The smallest absolute Gasteiger partial charge is 0.164 e. The molecule has 0 radical (unpaired) electrons. The summed E-state index contributed by atoms with van der Waals surface area (Å²) in [4.78, 5) is 12.0. The average Bonchev–Trinajstić information content (AvgIpc) is 2.40. The van der Waals surface area contributed by atoms with Crippen molar-refractivity contribution in [3.8, 4) is 5.75 Å². The summed E-state index contributed by atoms with van der Waals surface area (Å²) in [5.41, 5.74) is 0.776. The second kappa shape index (κ2) is 5.82. The minimum absolute atomic E-state index is 0.215. The van der Waals surface area contributed by atoms with Gasteiger partial charge in [0.25, 0.3) is 0 Å². The Bertz CT molecular complexity index is 366. The summed E-state index contributed by atoms with van der Waals surface area (Å²) >= 11 is 0. The number of hydrogen-bond donors (Lipinski definition) is 1. The van der Waals surface area contributed by atoms with Gasteiger partial charge in [-0.1, -0.05) is 6.42 Å². The molecule has 3 heteroatoms. The largest absolute Gasteiger partial charge is 0.497 e. The van der Waals surface area contributed by atoms with E-state index in [0.29, 0.717) is 12.5 Å². The fourth-order valence-corrected chi connectivity index (χ4v) is 2.22. The molecule has 1 aliphatic heterocycles. The van der Waals surface area contributed by atoms with Gasteiger partial charge < -0.3 is 10.1 Å². The summed E-state index contributed by atoms with van der Waals surface area (Å²) in [6.45, 7) is 1.04. The highest BCUT2D eigenvalue weighted by atomic mass is 16.5. The zero-order chi connectivity index (χ0) is 12.1. The molecule has 1 atom stereocenters. The SMILES string of the molecule is COc1ccc(C(=O)CC2CCCCN2)cc1. The molecule has 0 aromatic heterocycles. The monoisotopic (exact) mass is 233 g/mol. The molecule has 0 amide bonds. The molecule has 0 bridgehead atoms. The third kappa shape index (κ3) is 3.30. The summed E-state index contributed by atoms with van der Waals surface area (Å²) in [5.74, 6) is 1.00. The van der Waals surface area contributed by atoms with Gasteiger partial charge in [0.2, 0.25) is 0 Å². The third-order valence-electron chi connectivity index (χ3n) is 3.26. The quantitative estimate of drug-likeness (QED) is 0.812. The lowest BCUT2D eigenvalue weighted by Gasteiger charge is -2.22. The predicted molar refractivity (Wildman–Crippen MR) is 67.6 cm³/mol. The Hall–Kier alpha value is -1.35. The molecule has 0 saturated carbocycles. The summed E-state index contributed by atoms with van der Waals surface area (Å²) in [6, 6.07) is 7.70. The van der Waals surface area contributed by atoms with Crippen LogP contribution in [0.5, 0.6) is 5.75 Å². The lowest BCUT2D eigenvalue weighted by molar-refractivity contribution is 0.0963. The first-order chi connectivity index (χ1) is 8.29. The van der Waals surface area contributed by atoms with E-state index >= 15 is 0 Å². The van der Waals surface area contributed by atoms with Crippen LogP contribution in [-0.2, 0) is 0 Å². The van der Waals surface area contributed by atoms with Crippen molar-refractivity contribution in [3.05, 3.63) is 29.8 Å². The van der Waals surface area contributed by atoms with E-state index in [-0.39, 0.29) is 5.78 Å². The molecule has 1 fully saturated rings. The molecule has 1 saturated heterocycles. The first-order valence-electron chi connectivity index (χ1n) is 6.20. The third-order valence-corrected chi connectivity index (χ3v) is 3.26. The van der Waals surface area contributed by atoms with Crippen LogP contribution in [0.1, 0.15) is 36.0 Å². The maximum Gasteiger partial charge on any atom is 0.164 e. The molecule has 1 N–H and O–H groups in total. The Morgan fingerprint density at radius 2 is 2.12 bits per heavy atom. The van der Waals surface area contributed by atoms with Crippen molar-refractivity contribution in [2.24, 2.45) is 0 Å². The minimum atomic E-state index is 0.215. The molecule has 1 aromatic rings. The van der Waals surface area contributed by atoms with E-state index in [1.807, 2.05) is 24.3 Å². The Morgan fingerprint density at radius 3 is 2.71 bits per heavy atom. The summed E-state index contributed by atoms with van der Waals surface area (Å²) in [5, 5.41) is 3.40. The van der Waals surface area contributed by atoms with Crippen molar-refractivity contribution in [1.29, 1.82) is 0 Å². The first kappa shape index (κ1) is 12.1. The number of carbonyl (C=O) groups excluding carboxylic acids is 1. The Labute approximate surface area is 102 Å². The number of hydrogen-bond acceptors (Lipinski definition) is 3. The first-order valence-corrected chi connectivity index (χ1v) is 6.20. The highest BCUT2D eigenvalue weighted by Crippen LogP contribution is 2.16. The minimum Gasteiger partial charge on any atom is -0.497 e. The number of benzene rings is 1. The van der Waals surface area contributed by atoms with Gasteiger partial charge in [-0.15, -0.1) is 0 Å². The Balaban J connectivity index is 1.93. The molecule has 3 nitrogen and oxygen atoms in total. The number of carbonyl (C=O) groups is 1. The zero-order valence-electron chi connectivity index (χ0n) is 10.2. The maximum atomic E-state index is 12.0. The van der Waals surface area contributed by atoms with Crippen molar-refractivity contribution in [3.63, 3.8) is 0 Å². The molecular formula is C14H19NO2. The maximum absolute atomic E-state index is 12.0. The van der Waals surface area contributed by atoms with Crippen molar-refractivity contribution < 1.29 is 9.53 Å². The molecule has 1 heterocycles. The van der Waals surface area contributed by atoms with Crippen LogP contribution < -0.4 is 10.1 Å². The predicted octanol–water partition coefficient (Wildman–Crippen LogP) is 2.41. The normalized spacial score (nSPS) is 19.9. The number of ketones is 1. The van der Waals surface area contributed by atoms with Gasteiger partial charge in [0, 0.05) is 18.0 Å². The van der Waals surface area contributed by atoms with Gasteiger partial charge >= 0.3 is 0 Å². The van der Waals surface area contributed by atoms with Crippen LogP contribution in [0.4, 0.5) is 0 Å². The van der Waals surface area contributed by atoms with Crippen LogP contribution in [0, 0.1) is 0 Å². The van der Waals surface area contributed by atoms with Crippen LogP contribution in [-0.4, -0.2) is 25.5 Å². The molecule has 1 aromatic carbocycles. The highest BCUT2D eigenvalue weighted by Gasteiger charge is 2.17. The van der Waals surface area contributed by atoms with E-state index < -0.39 is 0 Å². The van der Waals surface area contributed by atoms with E-state index in [0.717, 1.165) is 24.3 Å². The summed E-state index contributed by atoms with van der Waals surface area (Å²) < 4.78 is 5.08. The number of Topliss-reactive ketones (excluding diaryl/α,β-unsaturated/α-hetero) is 1. The van der Waals surface area contributed by atoms with Crippen LogP contribution in [0.2, 0.25) is 0 Å². The van der Waals surface area contributed by atoms with Gasteiger partial charge in [0.1, 0.15) is 5.75 Å². The van der Waals surface area contributed by atoms with Gasteiger partial charge in [-0.25, -0.2) is 0 Å². The van der Waals surface area contributed by atoms with E-state index in [4.69, 9.17) is 4.74 Å². The highest BCUT2D eigenvalue weighted by molar-refractivity contribution is 5.96. The van der Waals surface area contributed by atoms with Gasteiger partial charge in [-0.05, 0) is 43.7 Å². The van der Waals surface area contributed by atoms with Crippen molar-refractivity contribution in [1.82, 2.24) is 5.32 Å². The molecule has 92 valence electrons. The van der Waals surface area contributed by atoms with Gasteiger partial charge in [0.15, 0.2) is 5.78 Å². The lowest BCUT2D eigenvalue weighted by atomic mass is 9.97. The van der Waals surface area contributed by atoms with Crippen molar-refractivity contribution >= 4 is 5.78 Å². The fraction of sp³-hybridized carbons (Fsp3) is 0.500. The number of nitrogens with one attached hydrogen (secondary N) is 1. The molecule has 17 heavy (non-hydrogen) atoms. The fourth-order valence-electron chi connectivity index (χ4n) is 2.22.